The van der Waals surface area contributed by atoms with Gasteiger partial charge in [0.25, 0.3) is 0 Å². The fourth-order valence-electron chi connectivity index (χ4n) is 1.89. The predicted molar refractivity (Wildman–Crippen MR) is 80.3 cm³/mol. The van der Waals surface area contributed by atoms with Gasteiger partial charge in [0.2, 0.25) is 5.91 Å². The van der Waals surface area contributed by atoms with Crippen molar-refractivity contribution >= 4 is 11.9 Å². The maximum atomic E-state index is 11.9. The first-order valence-corrected chi connectivity index (χ1v) is 6.95. The highest BCUT2D eigenvalue weighted by molar-refractivity contribution is 5.77. The smallest absolute Gasteiger partial charge is 0.307 e. The van der Waals surface area contributed by atoms with Crippen LogP contribution in [0.2, 0.25) is 0 Å². The predicted octanol–water partition coefficient (Wildman–Crippen LogP) is 2.09. The number of aryl methyl sites for hydroxylation is 2. The van der Waals surface area contributed by atoms with Crippen LogP contribution in [0.5, 0.6) is 5.75 Å². The van der Waals surface area contributed by atoms with Crippen LogP contribution in [0, 0.1) is 13.8 Å². The van der Waals surface area contributed by atoms with Crippen molar-refractivity contribution in [3.63, 3.8) is 0 Å². The Labute approximate surface area is 125 Å². The molecule has 0 aliphatic rings. The van der Waals surface area contributed by atoms with E-state index in [0.717, 1.165) is 11.3 Å². The first-order chi connectivity index (χ1) is 9.93. The summed E-state index contributed by atoms with van der Waals surface area (Å²) in [6, 6.07) is 5.93. The maximum absolute atomic E-state index is 11.9. The first kappa shape index (κ1) is 17.0. The molecule has 21 heavy (non-hydrogen) atoms. The highest BCUT2D eigenvalue weighted by Gasteiger charge is 2.11. The molecule has 0 bridgehead atoms. The lowest BCUT2D eigenvalue weighted by atomic mass is 10.1. The van der Waals surface area contributed by atoms with Crippen LogP contribution in [0.15, 0.2) is 18.2 Å². The van der Waals surface area contributed by atoms with Gasteiger partial charge in [-0.1, -0.05) is 17.7 Å². The topological polar surface area (TPSA) is 55.8 Å². The van der Waals surface area contributed by atoms with Gasteiger partial charge in [-0.3, -0.25) is 9.59 Å². The number of rotatable bonds is 7. The van der Waals surface area contributed by atoms with Crippen molar-refractivity contribution < 1.29 is 19.1 Å². The van der Waals surface area contributed by atoms with E-state index in [4.69, 9.17) is 4.74 Å². The molecule has 0 aromatic heterocycles. The summed E-state index contributed by atoms with van der Waals surface area (Å²) in [5.74, 6) is 0.426. The van der Waals surface area contributed by atoms with Crippen LogP contribution in [0.4, 0.5) is 0 Å². The molecule has 0 atom stereocenters. The van der Waals surface area contributed by atoms with Crippen molar-refractivity contribution in [2.75, 3.05) is 27.3 Å². The standard InChI is InChI=1S/C16H23NO4/c1-12-5-6-14(13(2)11-12)21-10-8-15(18)17(3)9-7-16(19)20-4/h5-6,11H,7-10H2,1-4H3. The van der Waals surface area contributed by atoms with E-state index in [1.807, 2.05) is 32.0 Å². The number of esters is 1. The summed E-state index contributed by atoms with van der Waals surface area (Å²) in [6.07, 6.45) is 0.488. The minimum absolute atomic E-state index is 0.0522. The number of methoxy groups -OCH3 is 1. The summed E-state index contributed by atoms with van der Waals surface area (Å²) in [7, 11) is 3.00. The molecule has 1 aromatic carbocycles. The van der Waals surface area contributed by atoms with E-state index in [1.165, 1.54) is 17.6 Å². The summed E-state index contributed by atoms with van der Waals surface area (Å²) < 4.78 is 10.2. The Bertz CT molecular complexity index is 499. The van der Waals surface area contributed by atoms with Gasteiger partial charge < -0.3 is 14.4 Å². The lowest BCUT2D eigenvalue weighted by molar-refractivity contribution is -0.141. The zero-order chi connectivity index (χ0) is 15.8. The number of benzene rings is 1. The Balaban J connectivity index is 2.34. The molecule has 1 amide bonds. The van der Waals surface area contributed by atoms with Crippen molar-refractivity contribution in [1.82, 2.24) is 4.90 Å². The normalized spacial score (nSPS) is 10.1. The average Bonchev–Trinajstić information content (AvgIpc) is 2.46. The molecule has 0 spiro atoms. The van der Waals surface area contributed by atoms with Crippen LogP contribution in [-0.4, -0.2) is 44.1 Å². The second kappa shape index (κ2) is 8.29. The molecule has 1 aromatic rings. The van der Waals surface area contributed by atoms with Crippen molar-refractivity contribution in [3.05, 3.63) is 29.3 Å². The number of carbonyl (C=O) groups excluding carboxylic acids is 2. The molecular weight excluding hydrogens is 270 g/mol. The van der Waals surface area contributed by atoms with E-state index in [9.17, 15) is 9.59 Å². The summed E-state index contributed by atoms with van der Waals surface area (Å²) in [5.41, 5.74) is 2.24. The van der Waals surface area contributed by atoms with Gasteiger partial charge in [-0.05, 0) is 25.5 Å². The molecule has 0 saturated carbocycles. The van der Waals surface area contributed by atoms with E-state index in [-0.39, 0.29) is 24.7 Å². The second-order valence-corrected chi connectivity index (χ2v) is 5.01. The molecule has 0 heterocycles. The molecule has 0 aliphatic heterocycles. The Morgan fingerprint density at radius 2 is 1.90 bits per heavy atom. The van der Waals surface area contributed by atoms with Gasteiger partial charge in [-0.2, -0.15) is 0 Å². The van der Waals surface area contributed by atoms with Gasteiger partial charge in [-0.15, -0.1) is 0 Å². The first-order valence-electron chi connectivity index (χ1n) is 6.95. The van der Waals surface area contributed by atoms with Crippen LogP contribution in [0.25, 0.3) is 0 Å². The molecule has 5 heteroatoms. The van der Waals surface area contributed by atoms with Gasteiger partial charge in [0, 0.05) is 13.6 Å². The van der Waals surface area contributed by atoms with Crippen molar-refractivity contribution in [2.24, 2.45) is 0 Å². The molecule has 0 saturated heterocycles. The highest BCUT2D eigenvalue weighted by Crippen LogP contribution is 2.18. The average molecular weight is 293 g/mol. The van der Waals surface area contributed by atoms with E-state index < -0.39 is 0 Å². The molecule has 1 rings (SSSR count). The lowest BCUT2D eigenvalue weighted by Crippen LogP contribution is -2.30. The second-order valence-electron chi connectivity index (χ2n) is 5.01. The Morgan fingerprint density at radius 1 is 1.19 bits per heavy atom. The zero-order valence-corrected chi connectivity index (χ0v) is 13.1. The molecule has 0 radical (unpaired) electrons. The SMILES string of the molecule is COC(=O)CCN(C)C(=O)CCOc1ccc(C)cc1C. The molecule has 0 N–H and O–H groups in total. The number of hydrogen-bond donors (Lipinski definition) is 0. The fourth-order valence-corrected chi connectivity index (χ4v) is 1.89. The number of nitrogens with zero attached hydrogens (tertiary/aromatic N) is 1. The summed E-state index contributed by atoms with van der Waals surface area (Å²) in [4.78, 5) is 24.4. The van der Waals surface area contributed by atoms with E-state index in [2.05, 4.69) is 4.74 Å². The monoisotopic (exact) mass is 293 g/mol. The summed E-state index contributed by atoms with van der Waals surface area (Å²) in [6.45, 7) is 4.68. The Morgan fingerprint density at radius 3 is 2.52 bits per heavy atom. The Hall–Kier alpha value is -2.04. The van der Waals surface area contributed by atoms with Gasteiger partial charge in [-0.25, -0.2) is 0 Å². The third-order valence-electron chi connectivity index (χ3n) is 3.21. The van der Waals surface area contributed by atoms with E-state index in [0.29, 0.717) is 13.2 Å². The number of carbonyl (C=O) groups is 2. The highest BCUT2D eigenvalue weighted by atomic mass is 16.5. The van der Waals surface area contributed by atoms with Crippen LogP contribution >= 0.6 is 0 Å². The molecule has 5 nitrogen and oxygen atoms in total. The summed E-state index contributed by atoms with van der Waals surface area (Å²) >= 11 is 0. The third-order valence-corrected chi connectivity index (χ3v) is 3.21. The molecule has 116 valence electrons. The van der Waals surface area contributed by atoms with Gasteiger partial charge in [0.05, 0.1) is 26.6 Å². The van der Waals surface area contributed by atoms with Gasteiger partial charge in [0.1, 0.15) is 5.75 Å². The quantitative estimate of drug-likeness (QED) is 0.722. The van der Waals surface area contributed by atoms with Crippen molar-refractivity contribution in [2.45, 2.75) is 26.7 Å². The Kier molecular flexibility index (Phi) is 6.72. The molecule has 0 aliphatic carbocycles. The number of ether oxygens (including phenoxy) is 2. The van der Waals surface area contributed by atoms with Crippen LogP contribution < -0.4 is 4.74 Å². The largest absolute Gasteiger partial charge is 0.493 e. The van der Waals surface area contributed by atoms with Crippen LogP contribution in [0.3, 0.4) is 0 Å². The van der Waals surface area contributed by atoms with Crippen molar-refractivity contribution in [1.29, 1.82) is 0 Å². The lowest BCUT2D eigenvalue weighted by Gasteiger charge is -2.17. The fraction of sp³-hybridized carbons (Fsp3) is 0.500. The molecule has 0 fully saturated rings. The van der Waals surface area contributed by atoms with Crippen molar-refractivity contribution in [3.8, 4) is 5.75 Å². The molecular formula is C16H23NO4. The van der Waals surface area contributed by atoms with E-state index >= 15 is 0 Å². The third kappa shape index (κ3) is 5.85. The van der Waals surface area contributed by atoms with Crippen LogP contribution in [-0.2, 0) is 14.3 Å². The van der Waals surface area contributed by atoms with E-state index in [1.54, 1.807) is 7.05 Å². The minimum atomic E-state index is -0.318. The summed E-state index contributed by atoms with van der Waals surface area (Å²) in [5, 5.41) is 0. The molecule has 0 unspecified atom stereocenters. The number of hydrogen-bond acceptors (Lipinski definition) is 4. The maximum Gasteiger partial charge on any atom is 0.307 e. The van der Waals surface area contributed by atoms with Gasteiger partial charge in [0.15, 0.2) is 0 Å². The van der Waals surface area contributed by atoms with Crippen LogP contribution in [0.1, 0.15) is 24.0 Å². The minimum Gasteiger partial charge on any atom is -0.493 e. The number of amides is 1. The zero-order valence-electron chi connectivity index (χ0n) is 13.1. The van der Waals surface area contributed by atoms with Gasteiger partial charge >= 0.3 is 5.97 Å².